The molecule has 0 fully saturated rings. The zero-order valence-corrected chi connectivity index (χ0v) is 9.73. The van der Waals surface area contributed by atoms with E-state index < -0.39 is 5.54 Å². The van der Waals surface area contributed by atoms with E-state index in [1.165, 1.54) is 11.8 Å². The summed E-state index contributed by atoms with van der Waals surface area (Å²) in [5.41, 5.74) is -0.908. The molecule has 0 aliphatic rings. The predicted octanol–water partition coefficient (Wildman–Crippen LogP) is -0.0125. The van der Waals surface area contributed by atoms with Crippen molar-refractivity contribution in [1.82, 2.24) is 5.32 Å². The molecule has 0 saturated carbocycles. The summed E-state index contributed by atoms with van der Waals surface area (Å²) in [5, 5.41) is 20.8. The maximum absolute atomic E-state index is 11.3. The van der Waals surface area contributed by atoms with Crippen molar-refractivity contribution in [3.05, 3.63) is 0 Å². The van der Waals surface area contributed by atoms with Crippen molar-refractivity contribution in [3.8, 4) is 0 Å². The Hall–Kier alpha value is -0.260. The lowest BCUT2D eigenvalue weighted by molar-refractivity contribution is -0.121. The van der Waals surface area contributed by atoms with Gasteiger partial charge in [-0.15, -0.1) is 11.8 Å². The molecule has 84 valence electrons. The molecule has 0 aromatic heterocycles. The van der Waals surface area contributed by atoms with Crippen molar-refractivity contribution in [2.75, 3.05) is 19.0 Å². The van der Waals surface area contributed by atoms with Gasteiger partial charge in [0.05, 0.1) is 24.5 Å². The number of carbonyl (C=O) groups is 1. The van der Waals surface area contributed by atoms with Crippen LogP contribution in [0.3, 0.4) is 0 Å². The fraction of sp³-hybridized carbons (Fsp3) is 0.889. The third-order valence-electron chi connectivity index (χ3n) is 1.69. The first-order valence-corrected chi connectivity index (χ1v) is 5.63. The Bertz CT molecular complexity index is 181. The molecule has 0 aliphatic carbocycles. The van der Waals surface area contributed by atoms with Crippen LogP contribution in [0.4, 0.5) is 0 Å². The SMILES string of the molecule is CC(C)SCC(=O)NC(C)(CO)CO. The molecule has 0 aliphatic heterocycles. The van der Waals surface area contributed by atoms with Gasteiger partial charge in [0.1, 0.15) is 0 Å². The number of aliphatic hydroxyl groups is 2. The molecule has 4 nitrogen and oxygen atoms in total. The molecule has 0 atom stereocenters. The van der Waals surface area contributed by atoms with Crippen LogP contribution in [0.25, 0.3) is 0 Å². The highest BCUT2D eigenvalue weighted by atomic mass is 32.2. The van der Waals surface area contributed by atoms with Gasteiger partial charge in [-0.05, 0) is 12.2 Å². The van der Waals surface area contributed by atoms with E-state index in [1.807, 2.05) is 13.8 Å². The molecule has 0 aromatic carbocycles. The van der Waals surface area contributed by atoms with Crippen LogP contribution in [0.1, 0.15) is 20.8 Å². The van der Waals surface area contributed by atoms with Crippen LogP contribution < -0.4 is 5.32 Å². The first-order chi connectivity index (χ1) is 6.43. The minimum absolute atomic E-state index is 0.158. The smallest absolute Gasteiger partial charge is 0.230 e. The third-order valence-corrected chi connectivity index (χ3v) is 2.78. The van der Waals surface area contributed by atoms with Crippen LogP contribution in [0.15, 0.2) is 0 Å². The lowest BCUT2D eigenvalue weighted by Gasteiger charge is -2.26. The second-order valence-corrected chi connectivity index (χ2v) is 5.35. The lowest BCUT2D eigenvalue weighted by Crippen LogP contribution is -2.52. The number of nitrogens with one attached hydrogen (secondary N) is 1. The van der Waals surface area contributed by atoms with Crippen LogP contribution >= 0.6 is 11.8 Å². The van der Waals surface area contributed by atoms with E-state index in [2.05, 4.69) is 5.32 Å². The Kier molecular flexibility index (Phi) is 6.15. The fourth-order valence-electron chi connectivity index (χ4n) is 0.744. The number of hydrogen-bond donors (Lipinski definition) is 3. The van der Waals surface area contributed by atoms with Gasteiger partial charge in [0, 0.05) is 0 Å². The zero-order valence-electron chi connectivity index (χ0n) is 8.91. The van der Waals surface area contributed by atoms with Gasteiger partial charge in [0.2, 0.25) is 5.91 Å². The molecule has 5 heteroatoms. The first kappa shape index (κ1) is 13.7. The quantitative estimate of drug-likeness (QED) is 0.590. The van der Waals surface area contributed by atoms with E-state index in [0.717, 1.165) is 0 Å². The number of rotatable bonds is 6. The van der Waals surface area contributed by atoms with Crippen LogP contribution in [0.2, 0.25) is 0 Å². The Morgan fingerprint density at radius 1 is 1.43 bits per heavy atom. The molecule has 0 bridgehead atoms. The van der Waals surface area contributed by atoms with Crippen molar-refractivity contribution in [1.29, 1.82) is 0 Å². The summed E-state index contributed by atoms with van der Waals surface area (Å²) in [5.74, 6) is 0.196. The topological polar surface area (TPSA) is 69.6 Å². The summed E-state index contributed by atoms with van der Waals surface area (Å²) in [7, 11) is 0. The summed E-state index contributed by atoms with van der Waals surface area (Å²) in [6.07, 6.45) is 0. The summed E-state index contributed by atoms with van der Waals surface area (Å²) in [6, 6.07) is 0. The fourth-order valence-corrected chi connectivity index (χ4v) is 1.30. The van der Waals surface area contributed by atoms with Gasteiger partial charge in [-0.1, -0.05) is 13.8 Å². The van der Waals surface area contributed by atoms with Crippen molar-refractivity contribution in [3.63, 3.8) is 0 Å². The van der Waals surface area contributed by atoms with E-state index >= 15 is 0 Å². The van der Waals surface area contributed by atoms with E-state index in [0.29, 0.717) is 11.0 Å². The molecule has 0 heterocycles. The Labute approximate surface area is 89.1 Å². The number of amides is 1. The molecule has 0 spiro atoms. The average Bonchev–Trinajstić information content (AvgIpc) is 2.14. The number of hydrogen-bond acceptors (Lipinski definition) is 4. The van der Waals surface area contributed by atoms with Crippen LogP contribution in [0, 0.1) is 0 Å². The van der Waals surface area contributed by atoms with Crippen molar-refractivity contribution in [2.24, 2.45) is 0 Å². The summed E-state index contributed by atoms with van der Waals surface area (Å²) in [6.45, 7) is 5.10. The Morgan fingerprint density at radius 3 is 2.29 bits per heavy atom. The van der Waals surface area contributed by atoms with Crippen molar-refractivity contribution in [2.45, 2.75) is 31.6 Å². The highest BCUT2D eigenvalue weighted by Crippen LogP contribution is 2.09. The standard InChI is InChI=1S/C9H19NO3S/c1-7(2)14-4-8(13)10-9(3,5-11)6-12/h7,11-12H,4-6H2,1-3H3,(H,10,13). The second kappa shape index (κ2) is 6.27. The monoisotopic (exact) mass is 221 g/mol. The molecule has 0 unspecified atom stereocenters. The summed E-state index contributed by atoms with van der Waals surface area (Å²) in [4.78, 5) is 11.3. The van der Waals surface area contributed by atoms with Crippen LogP contribution in [-0.4, -0.2) is 45.9 Å². The maximum atomic E-state index is 11.3. The largest absolute Gasteiger partial charge is 0.394 e. The lowest BCUT2D eigenvalue weighted by atomic mass is 10.1. The molecule has 14 heavy (non-hydrogen) atoms. The molecule has 0 aromatic rings. The molecular weight excluding hydrogens is 202 g/mol. The number of aliphatic hydroxyl groups excluding tert-OH is 2. The molecule has 0 rings (SSSR count). The van der Waals surface area contributed by atoms with E-state index in [1.54, 1.807) is 6.92 Å². The molecular formula is C9H19NO3S. The predicted molar refractivity (Wildman–Crippen MR) is 58.3 cm³/mol. The number of carbonyl (C=O) groups excluding carboxylic acids is 1. The van der Waals surface area contributed by atoms with Crippen LogP contribution in [0.5, 0.6) is 0 Å². The van der Waals surface area contributed by atoms with Gasteiger partial charge in [-0.3, -0.25) is 4.79 Å². The molecule has 3 N–H and O–H groups in total. The zero-order chi connectivity index (χ0) is 11.2. The average molecular weight is 221 g/mol. The van der Waals surface area contributed by atoms with Gasteiger partial charge in [-0.25, -0.2) is 0 Å². The van der Waals surface area contributed by atoms with Gasteiger partial charge in [0.25, 0.3) is 0 Å². The Morgan fingerprint density at radius 2 is 1.93 bits per heavy atom. The van der Waals surface area contributed by atoms with Crippen molar-refractivity contribution < 1.29 is 15.0 Å². The third kappa shape index (κ3) is 5.47. The summed E-state index contributed by atoms with van der Waals surface area (Å²) >= 11 is 1.53. The maximum Gasteiger partial charge on any atom is 0.230 e. The normalized spacial score (nSPS) is 11.9. The first-order valence-electron chi connectivity index (χ1n) is 4.58. The van der Waals surface area contributed by atoms with Gasteiger partial charge < -0.3 is 15.5 Å². The van der Waals surface area contributed by atoms with E-state index in [4.69, 9.17) is 10.2 Å². The van der Waals surface area contributed by atoms with Crippen molar-refractivity contribution >= 4 is 17.7 Å². The minimum atomic E-state index is -0.908. The second-order valence-electron chi connectivity index (χ2n) is 3.78. The Balaban J connectivity index is 3.92. The minimum Gasteiger partial charge on any atom is -0.394 e. The molecule has 0 saturated heterocycles. The molecule has 1 amide bonds. The number of thioether (sulfide) groups is 1. The van der Waals surface area contributed by atoms with Gasteiger partial charge >= 0.3 is 0 Å². The van der Waals surface area contributed by atoms with Gasteiger partial charge in [-0.2, -0.15) is 0 Å². The van der Waals surface area contributed by atoms with Crippen LogP contribution in [-0.2, 0) is 4.79 Å². The highest BCUT2D eigenvalue weighted by molar-refractivity contribution is 8.00. The van der Waals surface area contributed by atoms with Gasteiger partial charge in [0.15, 0.2) is 0 Å². The van der Waals surface area contributed by atoms with E-state index in [9.17, 15) is 4.79 Å². The summed E-state index contributed by atoms with van der Waals surface area (Å²) < 4.78 is 0. The van der Waals surface area contributed by atoms with E-state index in [-0.39, 0.29) is 19.1 Å². The molecule has 0 radical (unpaired) electrons. The highest BCUT2D eigenvalue weighted by Gasteiger charge is 2.24.